The highest BCUT2D eigenvalue weighted by atomic mass is 127. The second-order valence-electron chi connectivity index (χ2n) is 3.15. The first-order valence-electron chi connectivity index (χ1n) is 5.36. The van der Waals surface area contributed by atoms with Crippen molar-refractivity contribution in [1.29, 1.82) is 0 Å². The van der Waals surface area contributed by atoms with Gasteiger partial charge in [-0.25, -0.2) is 0 Å². The standard InChI is InChI=1S/C14H19I2N/c1-5-7-8-9-10-13(3)17(15)14(4)12-16-11-6-2/h6-12H,3-5H2,1-2H3/b8-7-,10-9-,11-6-. The zero-order valence-corrected chi connectivity index (χ0v) is 14.7. The Bertz CT molecular complexity index is 362. The van der Waals surface area contributed by atoms with Crippen molar-refractivity contribution in [3.8, 4) is 0 Å². The second kappa shape index (κ2) is 11.0. The van der Waals surface area contributed by atoms with E-state index in [0.717, 1.165) is 17.8 Å². The number of hydrogen-bond donors (Lipinski definition) is 0. The predicted octanol–water partition coefficient (Wildman–Crippen LogP) is 5.49. The van der Waals surface area contributed by atoms with Crippen LogP contribution in [0.1, 0.15) is 20.3 Å². The molecule has 0 aliphatic carbocycles. The zero-order chi connectivity index (χ0) is 13.1. The maximum atomic E-state index is 4.04. The summed E-state index contributed by atoms with van der Waals surface area (Å²) in [5.74, 6) is 0. The molecule has 17 heavy (non-hydrogen) atoms. The van der Waals surface area contributed by atoms with Crippen LogP contribution in [0.2, 0.25) is 0 Å². The minimum absolute atomic E-state index is 0.0249. The van der Waals surface area contributed by atoms with E-state index in [4.69, 9.17) is 0 Å². The van der Waals surface area contributed by atoms with Crippen LogP contribution >= 0.6 is 43.6 Å². The first kappa shape index (κ1) is 16.8. The Morgan fingerprint density at radius 2 is 2.00 bits per heavy atom. The van der Waals surface area contributed by atoms with E-state index in [1.165, 1.54) is 0 Å². The summed E-state index contributed by atoms with van der Waals surface area (Å²) in [5, 5.41) is 0. The van der Waals surface area contributed by atoms with E-state index in [0.29, 0.717) is 0 Å². The van der Waals surface area contributed by atoms with Gasteiger partial charge in [-0.2, -0.15) is 0 Å². The Balaban J connectivity index is 4.34. The molecular weight excluding hydrogens is 436 g/mol. The fourth-order valence-electron chi connectivity index (χ4n) is 0.856. The van der Waals surface area contributed by atoms with E-state index in [2.05, 4.69) is 63.2 Å². The Morgan fingerprint density at radius 3 is 2.59 bits per heavy atom. The van der Waals surface area contributed by atoms with Crippen LogP contribution in [0.3, 0.4) is 0 Å². The Labute approximate surface area is 129 Å². The van der Waals surface area contributed by atoms with Gasteiger partial charge in [0.05, 0.1) is 22.9 Å². The third kappa shape index (κ3) is 8.54. The summed E-state index contributed by atoms with van der Waals surface area (Å²) in [6, 6.07) is 0. The molecule has 1 nitrogen and oxygen atoms in total. The first-order chi connectivity index (χ1) is 8.13. The molecule has 0 bridgehead atoms. The lowest BCUT2D eigenvalue weighted by molar-refractivity contribution is 0.838. The van der Waals surface area contributed by atoms with Gasteiger partial charge < -0.3 is 0 Å². The van der Waals surface area contributed by atoms with Gasteiger partial charge in [0.1, 0.15) is 0 Å². The molecule has 0 aliphatic rings. The highest BCUT2D eigenvalue weighted by Crippen LogP contribution is 2.18. The third-order valence-electron chi connectivity index (χ3n) is 1.66. The summed E-state index contributed by atoms with van der Waals surface area (Å²) in [7, 11) is 0. The van der Waals surface area contributed by atoms with Gasteiger partial charge in [0, 0.05) is 11.4 Å². The van der Waals surface area contributed by atoms with E-state index >= 15 is 0 Å². The minimum Gasteiger partial charge on any atom is -0.284 e. The topological polar surface area (TPSA) is 3.24 Å². The van der Waals surface area contributed by atoms with Crippen LogP contribution < -0.4 is 0 Å². The van der Waals surface area contributed by atoms with Crippen molar-refractivity contribution in [2.75, 3.05) is 0 Å². The van der Waals surface area contributed by atoms with E-state index in [-0.39, 0.29) is 20.7 Å². The molecule has 0 aromatic rings. The van der Waals surface area contributed by atoms with Crippen LogP contribution in [0, 0.1) is 0 Å². The molecule has 0 atom stereocenters. The lowest BCUT2D eigenvalue weighted by atomic mass is 10.3. The predicted molar refractivity (Wildman–Crippen MR) is 97.6 cm³/mol. The van der Waals surface area contributed by atoms with E-state index < -0.39 is 0 Å². The molecule has 94 valence electrons. The van der Waals surface area contributed by atoms with Crippen LogP contribution in [0.4, 0.5) is 0 Å². The minimum atomic E-state index is -0.0249. The molecule has 0 amide bonds. The molecule has 0 aromatic heterocycles. The van der Waals surface area contributed by atoms with Gasteiger partial charge in [-0.3, -0.25) is 3.11 Å². The van der Waals surface area contributed by atoms with Crippen LogP contribution in [0.15, 0.2) is 59.0 Å². The Hall–Kier alpha value is -0.170. The fraction of sp³-hybridized carbons (Fsp3) is 0.214. The smallest absolute Gasteiger partial charge is 0.0646 e. The number of nitrogens with zero attached hydrogens (tertiary/aromatic N) is 1. The van der Waals surface area contributed by atoms with Crippen molar-refractivity contribution in [2.24, 2.45) is 0 Å². The quantitative estimate of drug-likeness (QED) is 0.279. The highest BCUT2D eigenvalue weighted by Gasteiger charge is 2.01. The van der Waals surface area contributed by atoms with Gasteiger partial charge in [-0.15, -0.1) is 0 Å². The van der Waals surface area contributed by atoms with E-state index in [1.807, 2.05) is 28.3 Å². The fourth-order valence-corrected chi connectivity index (χ4v) is 3.01. The summed E-state index contributed by atoms with van der Waals surface area (Å²) >= 11 is 2.20. The summed E-state index contributed by atoms with van der Waals surface area (Å²) < 4.78 is 6.38. The van der Waals surface area contributed by atoms with Crippen LogP contribution in [-0.2, 0) is 0 Å². The molecule has 0 aliphatic heterocycles. The molecule has 0 spiro atoms. The van der Waals surface area contributed by atoms with Gasteiger partial charge in [0.25, 0.3) is 0 Å². The largest absolute Gasteiger partial charge is 0.284 e. The molecule has 0 saturated heterocycles. The van der Waals surface area contributed by atoms with E-state index in [9.17, 15) is 0 Å². The lowest BCUT2D eigenvalue weighted by Gasteiger charge is -2.15. The summed E-state index contributed by atoms with van der Waals surface area (Å²) in [6.07, 6.45) is 11.3. The SMILES string of the molecule is C=C(C=I/C=C\C)N(I)C(=C)/C=C\C=C/CC. The second-order valence-corrected chi connectivity index (χ2v) is 6.18. The monoisotopic (exact) mass is 455 g/mol. The maximum absolute atomic E-state index is 4.04. The number of allylic oxidation sites excluding steroid dienone is 6. The number of rotatable bonds is 7. The molecule has 0 unspecified atom stereocenters. The Kier molecular flexibility index (Phi) is 10.8. The van der Waals surface area contributed by atoms with Gasteiger partial charge in [0.15, 0.2) is 0 Å². The number of hydrogen-bond acceptors (Lipinski definition) is 1. The van der Waals surface area contributed by atoms with E-state index in [1.54, 1.807) is 0 Å². The zero-order valence-electron chi connectivity index (χ0n) is 10.4. The van der Waals surface area contributed by atoms with Crippen molar-refractivity contribution in [2.45, 2.75) is 20.3 Å². The Morgan fingerprint density at radius 1 is 1.29 bits per heavy atom. The van der Waals surface area contributed by atoms with Crippen molar-refractivity contribution in [1.82, 2.24) is 3.11 Å². The van der Waals surface area contributed by atoms with Crippen molar-refractivity contribution >= 4 is 47.6 Å². The molecular formula is C14H19I2N. The molecule has 0 heterocycles. The summed E-state index contributed by atoms with van der Waals surface area (Å²) in [4.78, 5) is 0. The van der Waals surface area contributed by atoms with Crippen LogP contribution in [0.25, 0.3) is 0 Å². The van der Waals surface area contributed by atoms with Gasteiger partial charge in [-0.1, -0.05) is 65.1 Å². The molecule has 0 fully saturated rings. The highest BCUT2D eigenvalue weighted by molar-refractivity contribution is 14.2. The van der Waals surface area contributed by atoms with Gasteiger partial charge in [0.2, 0.25) is 0 Å². The molecule has 0 N–H and O–H groups in total. The normalized spacial score (nSPS) is 12.6. The van der Waals surface area contributed by atoms with Crippen molar-refractivity contribution in [3.05, 3.63) is 59.0 Å². The number of halogens is 2. The molecule has 0 rings (SSSR count). The summed E-state index contributed by atoms with van der Waals surface area (Å²) in [6.45, 7) is 12.2. The van der Waals surface area contributed by atoms with Crippen molar-refractivity contribution < 1.29 is 0 Å². The average molecular weight is 455 g/mol. The third-order valence-corrected chi connectivity index (χ3v) is 5.12. The van der Waals surface area contributed by atoms with Crippen LogP contribution in [-0.4, -0.2) is 7.13 Å². The van der Waals surface area contributed by atoms with Crippen LogP contribution in [0.5, 0.6) is 0 Å². The molecule has 0 radical (unpaired) electrons. The first-order valence-corrected chi connectivity index (χ1v) is 8.82. The molecule has 3 heteroatoms. The van der Waals surface area contributed by atoms with Gasteiger partial charge in [-0.05, 0) is 27.5 Å². The molecule has 0 aromatic carbocycles. The maximum Gasteiger partial charge on any atom is 0.0646 e. The summed E-state index contributed by atoms with van der Waals surface area (Å²) in [5.41, 5.74) is 1.95. The average Bonchev–Trinajstić information content (AvgIpc) is 2.33. The van der Waals surface area contributed by atoms with Gasteiger partial charge >= 0.3 is 0 Å². The van der Waals surface area contributed by atoms with Crippen molar-refractivity contribution in [3.63, 3.8) is 0 Å². The lowest BCUT2D eigenvalue weighted by Crippen LogP contribution is -2.07. The molecule has 0 saturated carbocycles.